The summed E-state index contributed by atoms with van der Waals surface area (Å²) < 4.78 is 0. The summed E-state index contributed by atoms with van der Waals surface area (Å²) in [6, 6.07) is -0.622. The fourth-order valence-electron chi connectivity index (χ4n) is 3.15. The van der Waals surface area contributed by atoms with Gasteiger partial charge in [-0.15, -0.1) is 0 Å². The van der Waals surface area contributed by atoms with E-state index in [1.807, 2.05) is 6.08 Å². The van der Waals surface area contributed by atoms with Crippen molar-refractivity contribution < 1.29 is 15.0 Å². The molecule has 4 heteroatoms. The number of carbonyl (C=O) groups excluding carboxylic acids is 1. The van der Waals surface area contributed by atoms with Crippen molar-refractivity contribution in [3.05, 3.63) is 36.5 Å². The molecule has 0 radical (unpaired) electrons. The van der Waals surface area contributed by atoms with Gasteiger partial charge in [-0.2, -0.15) is 0 Å². The highest BCUT2D eigenvalue weighted by Crippen LogP contribution is 2.09. The summed E-state index contributed by atoms with van der Waals surface area (Å²) in [5.41, 5.74) is 0. The highest BCUT2D eigenvalue weighted by molar-refractivity contribution is 5.76. The van der Waals surface area contributed by atoms with Crippen LogP contribution in [0.3, 0.4) is 0 Å². The average Bonchev–Trinajstić information content (AvgIpc) is 2.74. The monoisotopic (exact) mass is 421 g/mol. The first-order valence-electron chi connectivity index (χ1n) is 12.2. The Balaban J connectivity index is 3.64. The first-order valence-corrected chi connectivity index (χ1v) is 12.2. The molecule has 0 aliphatic heterocycles. The molecule has 0 saturated heterocycles. The predicted molar refractivity (Wildman–Crippen MR) is 128 cm³/mol. The second-order valence-corrected chi connectivity index (χ2v) is 8.04. The standard InChI is InChI=1S/C26H47NO3/c1-3-5-7-8-9-10-11-12-13-14-15-16-17-18-20-22-26(30)27-24(23-28)25(29)21-19-6-4-2/h9-10,12-13,19,21,24-25,28-29H,3-8,11,14-18,20,22-23H2,1-2H3,(H,27,30)/b10-9-,13-12-,21-19+. The number of amides is 1. The van der Waals surface area contributed by atoms with Gasteiger partial charge in [0.2, 0.25) is 5.91 Å². The highest BCUT2D eigenvalue weighted by Gasteiger charge is 2.17. The lowest BCUT2D eigenvalue weighted by Gasteiger charge is -2.19. The molecule has 0 rings (SSSR count). The summed E-state index contributed by atoms with van der Waals surface area (Å²) in [6.45, 7) is 4.04. The van der Waals surface area contributed by atoms with E-state index in [1.54, 1.807) is 6.08 Å². The molecule has 3 N–H and O–H groups in total. The zero-order valence-corrected chi connectivity index (χ0v) is 19.5. The van der Waals surface area contributed by atoms with E-state index in [4.69, 9.17) is 0 Å². The number of allylic oxidation sites excluding steroid dienone is 5. The van der Waals surface area contributed by atoms with Gasteiger partial charge in [-0.1, -0.05) is 88.8 Å². The van der Waals surface area contributed by atoms with Gasteiger partial charge in [0.1, 0.15) is 0 Å². The Bertz CT molecular complexity index is 471. The number of aliphatic hydroxyl groups is 2. The molecule has 0 bridgehead atoms. The molecule has 0 fully saturated rings. The van der Waals surface area contributed by atoms with Crippen molar-refractivity contribution in [3.63, 3.8) is 0 Å². The van der Waals surface area contributed by atoms with Gasteiger partial charge in [0.15, 0.2) is 0 Å². The van der Waals surface area contributed by atoms with Crippen LogP contribution in [0.15, 0.2) is 36.5 Å². The van der Waals surface area contributed by atoms with Gasteiger partial charge < -0.3 is 15.5 Å². The van der Waals surface area contributed by atoms with E-state index in [9.17, 15) is 15.0 Å². The van der Waals surface area contributed by atoms with Crippen LogP contribution in [0.25, 0.3) is 0 Å². The molecule has 0 aromatic heterocycles. The molecular weight excluding hydrogens is 374 g/mol. The van der Waals surface area contributed by atoms with E-state index >= 15 is 0 Å². The van der Waals surface area contributed by atoms with Gasteiger partial charge in [-0.25, -0.2) is 0 Å². The summed E-state index contributed by atoms with van der Waals surface area (Å²) in [7, 11) is 0. The quantitative estimate of drug-likeness (QED) is 0.167. The Morgan fingerprint density at radius 3 is 2.07 bits per heavy atom. The lowest BCUT2D eigenvalue weighted by molar-refractivity contribution is -0.123. The average molecular weight is 422 g/mol. The van der Waals surface area contributed by atoms with Crippen LogP contribution in [-0.2, 0) is 4.79 Å². The van der Waals surface area contributed by atoms with Crippen molar-refractivity contribution in [1.29, 1.82) is 0 Å². The summed E-state index contributed by atoms with van der Waals surface area (Å²) >= 11 is 0. The third-order valence-electron chi connectivity index (χ3n) is 5.10. The maximum absolute atomic E-state index is 12.0. The van der Waals surface area contributed by atoms with Crippen LogP contribution in [0.5, 0.6) is 0 Å². The smallest absolute Gasteiger partial charge is 0.220 e. The summed E-state index contributed by atoms with van der Waals surface area (Å²) in [4.78, 5) is 12.0. The van der Waals surface area contributed by atoms with Crippen LogP contribution < -0.4 is 5.32 Å². The van der Waals surface area contributed by atoms with E-state index in [2.05, 4.69) is 43.5 Å². The maximum atomic E-state index is 12.0. The van der Waals surface area contributed by atoms with Gasteiger partial charge in [0.25, 0.3) is 0 Å². The highest BCUT2D eigenvalue weighted by atomic mass is 16.3. The minimum Gasteiger partial charge on any atom is -0.394 e. The molecule has 2 unspecified atom stereocenters. The van der Waals surface area contributed by atoms with Gasteiger partial charge in [-0.05, 0) is 44.9 Å². The van der Waals surface area contributed by atoms with Crippen LogP contribution in [0.1, 0.15) is 104 Å². The second-order valence-electron chi connectivity index (χ2n) is 8.04. The van der Waals surface area contributed by atoms with Crippen molar-refractivity contribution in [1.82, 2.24) is 5.32 Å². The Kier molecular flexibility index (Phi) is 21.3. The third-order valence-corrected chi connectivity index (χ3v) is 5.10. The summed E-state index contributed by atoms with van der Waals surface area (Å²) in [5.74, 6) is -0.0947. The molecule has 0 aliphatic carbocycles. The van der Waals surface area contributed by atoms with Crippen molar-refractivity contribution in [2.75, 3.05) is 6.61 Å². The molecule has 4 nitrogen and oxygen atoms in total. The molecule has 0 aromatic carbocycles. The van der Waals surface area contributed by atoms with Crippen LogP contribution in [0, 0.1) is 0 Å². The van der Waals surface area contributed by atoms with Crippen molar-refractivity contribution >= 4 is 5.91 Å². The fourth-order valence-corrected chi connectivity index (χ4v) is 3.15. The lowest BCUT2D eigenvalue weighted by atomic mass is 10.1. The molecule has 0 heterocycles. The van der Waals surface area contributed by atoms with Crippen LogP contribution >= 0.6 is 0 Å². The van der Waals surface area contributed by atoms with Gasteiger partial charge >= 0.3 is 0 Å². The normalized spacial score (nSPS) is 14.1. The molecule has 1 amide bonds. The number of unbranched alkanes of at least 4 members (excludes halogenated alkanes) is 9. The molecule has 0 spiro atoms. The fraction of sp³-hybridized carbons (Fsp3) is 0.731. The topological polar surface area (TPSA) is 69.6 Å². The molecule has 2 atom stereocenters. The first kappa shape index (κ1) is 28.6. The van der Waals surface area contributed by atoms with Crippen molar-refractivity contribution in [3.8, 4) is 0 Å². The zero-order valence-electron chi connectivity index (χ0n) is 19.5. The lowest BCUT2D eigenvalue weighted by Crippen LogP contribution is -2.45. The van der Waals surface area contributed by atoms with Gasteiger partial charge in [0, 0.05) is 6.42 Å². The van der Waals surface area contributed by atoms with Gasteiger partial charge in [0.05, 0.1) is 18.8 Å². The number of hydrogen-bond donors (Lipinski definition) is 3. The van der Waals surface area contributed by atoms with Crippen molar-refractivity contribution in [2.45, 2.75) is 116 Å². The minimum absolute atomic E-state index is 0.0947. The maximum Gasteiger partial charge on any atom is 0.220 e. The number of hydrogen-bond acceptors (Lipinski definition) is 3. The van der Waals surface area contributed by atoms with Crippen molar-refractivity contribution in [2.24, 2.45) is 0 Å². The molecule has 30 heavy (non-hydrogen) atoms. The van der Waals surface area contributed by atoms with E-state index < -0.39 is 12.1 Å². The predicted octanol–water partition coefficient (Wildman–Crippen LogP) is 5.99. The molecule has 0 saturated carbocycles. The van der Waals surface area contributed by atoms with Crippen LogP contribution in [0.2, 0.25) is 0 Å². The Morgan fingerprint density at radius 2 is 1.43 bits per heavy atom. The van der Waals surface area contributed by atoms with E-state index in [1.165, 1.54) is 38.5 Å². The molecule has 0 aromatic rings. The van der Waals surface area contributed by atoms with Crippen LogP contribution in [-0.4, -0.2) is 34.9 Å². The summed E-state index contributed by atoms with van der Waals surface area (Å²) in [6.07, 6.45) is 26.9. The molecule has 0 aliphatic rings. The number of carbonyl (C=O) groups is 1. The third kappa shape index (κ3) is 18.6. The van der Waals surface area contributed by atoms with Crippen LogP contribution in [0.4, 0.5) is 0 Å². The largest absolute Gasteiger partial charge is 0.394 e. The molecule has 174 valence electrons. The number of aliphatic hydroxyl groups excluding tert-OH is 2. The second kappa shape index (κ2) is 22.3. The SMILES string of the molecule is CCC/C=C/C(O)C(CO)NC(=O)CCCCCCC/C=C\C/C=C\CCCCC. The minimum atomic E-state index is -0.838. The van der Waals surface area contributed by atoms with E-state index in [0.717, 1.165) is 44.9 Å². The summed E-state index contributed by atoms with van der Waals surface area (Å²) in [5, 5.41) is 22.1. The molecular formula is C26H47NO3. The number of nitrogens with one attached hydrogen (secondary N) is 1. The van der Waals surface area contributed by atoms with E-state index in [0.29, 0.717) is 6.42 Å². The van der Waals surface area contributed by atoms with Gasteiger partial charge in [-0.3, -0.25) is 4.79 Å². The Labute approximate surface area is 185 Å². The first-order chi connectivity index (χ1) is 14.7. The zero-order chi connectivity index (χ0) is 22.3. The Hall–Kier alpha value is -1.39. The van der Waals surface area contributed by atoms with E-state index in [-0.39, 0.29) is 12.5 Å². The Morgan fingerprint density at radius 1 is 0.800 bits per heavy atom. The number of rotatable bonds is 20.